The van der Waals surface area contributed by atoms with Gasteiger partial charge in [-0.15, -0.1) is 0 Å². The van der Waals surface area contributed by atoms with Crippen LogP contribution in [0.5, 0.6) is 5.88 Å². The Morgan fingerprint density at radius 3 is 2.92 bits per heavy atom. The Hall–Kier alpha value is -2.77. The molecule has 1 aliphatic carbocycles. The predicted octanol–water partition coefficient (Wildman–Crippen LogP) is 3.32. The standard InChI is InChI=1S/C17H18F2N4O2/c18-14(19)10-25-16-13(7-3-9-21-16)23-17(24)22-12-6-1-4-11-5-2-8-20-15(11)12/h2-3,5,7-9,12,14H,1,4,6,10H2,(H2,22,23,24)/t12-/m1/s1. The molecule has 6 nitrogen and oxygen atoms in total. The van der Waals surface area contributed by atoms with Crippen molar-refractivity contribution in [1.29, 1.82) is 0 Å². The second-order valence-corrected chi connectivity index (χ2v) is 5.65. The van der Waals surface area contributed by atoms with Gasteiger partial charge in [0.15, 0.2) is 6.61 Å². The van der Waals surface area contributed by atoms with E-state index in [0.717, 1.165) is 30.5 Å². The molecule has 0 bridgehead atoms. The fourth-order valence-electron chi connectivity index (χ4n) is 2.81. The molecule has 1 atom stereocenters. The number of ether oxygens (including phenoxy) is 1. The maximum absolute atomic E-state index is 12.3. The minimum Gasteiger partial charge on any atom is -0.470 e. The van der Waals surface area contributed by atoms with Gasteiger partial charge in [0.05, 0.1) is 11.7 Å². The Kier molecular flexibility index (Phi) is 5.37. The van der Waals surface area contributed by atoms with Crippen molar-refractivity contribution in [3.05, 3.63) is 47.9 Å². The van der Waals surface area contributed by atoms with E-state index in [0.29, 0.717) is 0 Å². The number of halogens is 2. The highest BCUT2D eigenvalue weighted by atomic mass is 19.3. The van der Waals surface area contributed by atoms with E-state index < -0.39 is 19.1 Å². The molecular weight excluding hydrogens is 330 g/mol. The normalized spacial score (nSPS) is 16.2. The topological polar surface area (TPSA) is 76.1 Å². The third-order valence-corrected chi connectivity index (χ3v) is 3.87. The van der Waals surface area contributed by atoms with Gasteiger partial charge in [0.25, 0.3) is 6.43 Å². The number of pyridine rings is 2. The molecule has 1 aliphatic rings. The van der Waals surface area contributed by atoms with Crippen LogP contribution in [-0.4, -0.2) is 29.0 Å². The number of hydrogen-bond donors (Lipinski definition) is 2. The second kappa shape index (κ2) is 7.87. The number of carbonyl (C=O) groups is 1. The average molecular weight is 348 g/mol. The molecule has 2 heterocycles. The van der Waals surface area contributed by atoms with Crippen LogP contribution in [-0.2, 0) is 6.42 Å². The molecule has 0 spiro atoms. The lowest BCUT2D eigenvalue weighted by atomic mass is 9.92. The quantitative estimate of drug-likeness (QED) is 0.869. The van der Waals surface area contributed by atoms with Crippen molar-refractivity contribution in [2.45, 2.75) is 31.7 Å². The van der Waals surface area contributed by atoms with Gasteiger partial charge in [0.1, 0.15) is 5.69 Å². The molecule has 2 aromatic rings. The summed E-state index contributed by atoms with van der Waals surface area (Å²) in [6.07, 6.45) is 3.18. The van der Waals surface area contributed by atoms with Gasteiger partial charge >= 0.3 is 6.03 Å². The fourth-order valence-corrected chi connectivity index (χ4v) is 2.81. The molecule has 3 rings (SSSR count). The zero-order valence-electron chi connectivity index (χ0n) is 13.4. The molecule has 2 N–H and O–H groups in total. The number of rotatable bonds is 5. The second-order valence-electron chi connectivity index (χ2n) is 5.65. The van der Waals surface area contributed by atoms with Gasteiger partial charge < -0.3 is 15.4 Å². The van der Waals surface area contributed by atoms with Crippen LogP contribution in [0, 0.1) is 0 Å². The summed E-state index contributed by atoms with van der Waals surface area (Å²) in [4.78, 5) is 20.5. The highest BCUT2D eigenvalue weighted by molar-refractivity contribution is 5.90. The van der Waals surface area contributed by atoms with E-state index in [-0.39, 0.29) is 17.6 Å². The van der Waals surface area contributed by atoms with Crippen LogP contribution >= 0.6 is 0 Å². The minimum atomic E-state index is -2.62. The largest absolute Gasteiger partial charge is 0.470 e. The first-order valence-corrected chi connectivity index (χ1v) is 8.01. The molecule has 25 heavy (non-hydrogen) atoms. The van der Waals surface area contributed by atoms with Crippen LogP contribution in [0.15, 0.2) is 36.7 Å². The Labute approximate surface area is 143 Å². The lowest BCUT2D eigenvalue weighted by Gasteiger charge is -2.25. The van der Waals surface area contributed by atoms with E-state index in [9.17, 15) is 13.6 Å². The maximum atomic E-state index is 12.3. The molecule has 0 aromatic carbocycles. The summed E-state index contributed by atoms with van der Waals surface area (Å²) in [7, 11) is 0. The van der Waals surface area contributed by atoms with Gasteiger partial charge in [-0.05, 0) is 43.0 Å². The Morgan fingerprint density at radius 1 is 1.28 bits per heavy atom. The zero-order valence-corrected chi connectivity index (χ0v) is 13.4. The van der Waals surface area contributed by atoms with E-state index in [4.69, 9.17) is 4.74 Å². The number of carbonyl (C=O) groups excluding carboxylic acids is 1. The minimum absolute atomic E-state index is 0.0416. The SMILES string of the molecule is O=C(Nc1cccnc1OCC(F)F)N[C@@H]1CCCc2cccnc21. The van der Waals surface area contributed by atoms with Crippen LogP contribution in [0.1, 0.15) is 30.1 Å². The highest BCUT2D eigenvalue weighted by Crippen LogP contribution is 2.28. The molecule has 2 amide bonds. The smallest absolute Gasteiger partial charge is 0.319 e. The van der Waals surface area contributed by atoms with Crippen molar-refractivity contribution in [2.75, 3.05) is 11.9 Å². The number of fused-ring (bicyclic) bond motifs is 1. The van der Waals surface area contributed by atoms with E-state index in [1.165, 1.54) is 6.20 Å². The molecule has 0 unspecified atom stereocenters. The number of hydrogen-bond acceptors (Lipinski definition) is 4. The molecule has 2 aromatic heterocycles. The third kappa shape index (κ3) is 4.40. The molecule has 0 saturated heterocycles. The van der Waals surface area contributed by atoms with Crippen LogP contribution in [0.4, 0.5) is 19.3 Å². The molecule has 0 fully saturated rings. The highest BCUT2D eigenvalue weighted by Gasteiger charge is 2.23. The number of amides is 2. The van der Waals surface area contributed by atoms with Crippen LogP contribution in [0.2, 0.25) is 0 Å². The molecular formula is C17H18F2N4O2. The van der Waals surface area contributed by atoms with Crippen LogP contribution < -0.4 is 15.4 Å². The van der Waals surface area contributed by atoms with Crippen LogP contribution in [0.3, 0.4) is 0 Å². The molecule has 0 radical (unpaired) electrons. The Morgan fingerprint density at radius 2 is 2.08 bits per heavy atom. The van der Waals surface area contributed by atoms with Crippen molar-refractivity contribution >= 4 is 11.7 Å². The number of aromatic nitrogens is 2. The molecule has 8 heteroatoms. The molecule has 132 valence electrons. The van der Waals surface area contributed by atoms with Crippen molar-refractivity contribution in [3.63, 3.8) is 0 Å². The first-order chi connectivity index (χ1) is 12.1. The van der Waals surface area contributed by atoms with E-state index in [1.54, 1.807) is 18.3 Å². The van der Waals surface area contributed by atoms with E-state index in [2.05, 4.69) is 20.6 Å². The van der Waals surface area contributed by atoms with E-state index >= 15 is 0 Å². The number of anilines is 1. The number of nitrogens with one attached hydrogen (secondary N) is 2. The number of alkyl halides is 2. The summed E-state index contributed by atoms with van der Waals surface area (Å²) in [5.41, 5.74) is 2.23. The first kappa shape index (κ1) is 17.1. The van der Waals surface area contributed by atoms with Crippen molar-refractivity contribution in [3.8, 4) is 5.88 Å². The van der Waals surface area contributed by atoms with Crippen molar-refractivity contribution in [2.24, 2.45) is 0 Å². The van der Waals surface area contributed by atoms with Crippen molar-refractivity contribution in [1.82, 2.24) is 15.3 Å². The number of urea groups is 1. The van der Waals surface area contributed by atoms with E-state index in [1.807, 2.05) is 12.1 Å². The average Bonchev–Trinajstić information content (AvgIpc) is 2.61. The van der Waals surface area contributed by atoms with Crippen molar-refractivity contribution < 1.29 is 18.3 Å². The molecule has 0 aliphatic heterocycles. The zero-order chi connectivity index (χ0) is 17.6. The van der Waals surface area contributed by atoms with Crippen LogP contribution in [0.25, 0.3) is 0 Å². The molecule has 0 saturated carbocycles. The maximum Gasteiger partial charge on any atom is 0.319 e. The van der Waals surface area contributed by atoms with Gasteiger partial charge in [-0.25, -0.2) is 18.6 Å². The summed E-state index contributed by atoms with van der Waals surface area (Å²) in [6.45, 7) is -0.784. The summed E-state index contributed by atoms with van der Waals surface area (Å²) >= 11 is 0. The van der Waals surface area contributed by atoms with Gasteiger partial charge in [-0.1, -0.05) is 6.07 Å². The monoisotopic (exact) mass is 348 g/mol. The fraction of sp³-hybridized carbons (Fsp3) is 0.353. The summed E-state index contributed by atoms with van der Waals surface area (Å²) in [5.74, 6) is -0.0416. The number of aryl methyl sites for hydroxylation is 1. The summed E-state index contributed by atoms with van der Waals surface area (Å²) < 4.78 is 29.5. The van der Waals surface area contributed by atoms with Gasteiger partial charge in [-0.3, -0.25) is 4.98 Å². The third-order valence-electron chi connectivity index (χ3n) is 3.87. The summed E-state index contributed by atoms with van der Waals surface area (Å²) in [6, 6.07) is 6.36. The van der Waals surface area contributed by atoms with Gasteiger partial charge in [0, 0.05) is 12.4 Å². The lowest BCUT2D eigenvalue weighted by molar-refractivity contribution is 0.0800. The van der Waals surface area contributed by atoms with Gasteiger partial charge in [-0.2, -0.15) is 0 Å². The van der Waals surface area contributed by atoms with Gasteiger partial charge in [0.2, 0.25) is 5.88 Å². The predicted molar refractivity (Wildman–Crippen MR) is 87.8 cm³/mol. The Bertz CT molecular complexity index is 742. The number of nitrogens with zero attached hydrogens (tertiary/aromatic N) is 2. The first-order valence-electron chi connectivity index (χ1n) is 8.01. The lowest BCUT2D eigenvalue weighted by Crippen LogP contribution is -2.35. The summed E-state index contributed by atoms with van der Waals surface area (Å²) in [5, 5.41) is 5.47. The Balaban J connectivity index is 1.66.